The normalized spacial score (nSPS) is 11.2. The Morgan fingerprint density at radius 2 is 2.09 bits per heavy atom. The van der Waals surface area contributed by atoms with E-state index < -0.39 is 0 Å². The van der Waals surface area contributed by atoms with E-state index in [9.17, 15) is 4.79 Å². The highest BCUT2D eigenvalue weighted by Crippen LogP contribution is 2.29. The van der Waals surface area contributed by atoms with Gasteiger partial charge >= 0.3 is 0 Å². The molecule has 1 aromatic carbocycles. The van der Waals surface area contributed by atoms with Gasteiger partial charge in [0.1, 0.15) is 5.75 Å². The molecule has 0 atom stereocenters. The molecule has 1 amide bonds. The average Bonchev–Trinajstić information content (AvgIpc) is 3.10. The van der Waals surface area contributed by atoms with Crippen molar-refractivity contribution in [3.05, 3.63) is 42.4 Å². The van der Waals surface area contributed by atoms with Crippen molar-refractivity contribution in [3.63, 3.8) is 0 Å². The van der Waals surface area contributed by atoms with Crippen LogP contribution < -0.4 is 10.1 Å². The van der Waals surface area contributed by atoms with Crippen molar-refractivity contribution in [3.8, 4) is 5.75 Å². The molecule has 6 heteroatoms. The number of methoxy groups -OCH3 is 1. The van der Waals surface area contributed by atoms with E-state index in [-0.39, 0.29) is 11.9 Å². The molecule has 23 heavy (non-hydrogen) atoms. The molecule has 3 aromatic rings. The Hall–Kier alpha value is -2.76. The molecule has 0 aliphatic carbocycles. The van der Waals surface area contributed by atoms with Crippen LogP contribution in [0.25, 0.3) is 10.9 Å². The van der Waals surface area contributed by atoms with Gasteiger partial charge in [-0.25, -0.2) is 0 Å². The number of anilines is 1. The first-order valence-corrected chi connectivity index (χ1v) is 7.48. The van der Waals surface area contributed by atoms with E-state index in [4.69, 9.17) is 4.74 Å². The number of carbonyl (C=O) groups is 1. The number of amides is 1. The minimum absolute atomic E-state index is 0.157. The van der Waals surface area contributed by atoms with Crippen LogP contribution in [0.4, 0.5) is 5.69 Å². The zero-order chi connectivity index (χ0) is 16.6. The van der Waals surface area contributed by atoms with Crippen LogP contribution in [0.2, 0.25) is 0 Å². The fourth-order valence-electron chi connectivity index (χ4n) is 2.65. The van der Waals surface area contributed by atoms with Gasteiger partial charge in [0, 0.05) is 36.4 Å². The number of hydrogen-bond acceptors (Lipinski definition) is 3. The molecule has 0 fully saturated rings. The molecule has 2 heterocycles. The summed E-state index contributed by atoms with van der Waals surface area (Å²) in [7, 11) is 3.43. The van der Waals surface area contributed by atoms with Gasteiger partial charge in [0.05, 0.1) is 24.6 Å². The Kier molecular flexibility index (Phi) is 3.82. The lowest BCUT2D eigenvalue weighted by molar-refractivity contribution is 0.102. The molecule has 3 rings (SSSR count). The van der Waals surface area contributed by atoms with E-state index >= 15 is 0 Å². The smallest absolute Gasteiger partial charge is 0.257 e. The SMILES string of the molecule is COc1ccc2c(c1)c(C(=O)Nc1cnn(C)c1)cn2C(C)C. The van der Waals surface area contributed by atoms with Crippen molar-refractivity contribution < 1.29 is 9.53 Å². The van der Waals surface area contributed by atoms with Gasteiger partial charge in [0.25, 0.3) is 5.91 Å². The second-order valence-electron chi connectivity index (χ2n) is 5.78. The summed E-state index contributed by atoms with van der Waals surface area (Å²) < 4.78 is 9.03. The Labute approximate surface area is 134 Å². The van der Waals surface area contributed by atoms with Gasteiger partial charge < -0.3 is 14.6 Å². The van der Waals surface area contributed by atoms with Crippen LogP contribution in [0.15, 0.2) is 36.8 Å². The third-order valence-electron chi connectivity index (χ3n) is 3.80. The highest BCUT2D eigenvalue weighted by molar-refractivity contribution is 6.13. The number of hydrogen-bond donors (Lipinski definition) is 1. The van der Waals surface area contributed by atoms with Gasteiger partial charge in [0.15, 0.2) is 0 Å². The summed E-state index contributed by atoms with van der Waals surface area (Å²) >= 11 is 0. The number of nitrogens with zero attached hydrogens (tertiary/aromatic N) is 3. The minimum Gasteiger partial charge on any atom is -0.497 e. The second-order valence-corrected chi connectivity index (χ2v) is 5.78. The summed E-state index contributed by atoms with van der Waals surface area (Å²) in [6.45, 7) is 4.18. The third-order valence-corrected chi connectivity index (χ3v) is 3.80. The lowest BCUT2D eigenvalue weighted by atomic mass is 10.1. The van der Waals surface area contributed by atoms with Crippen LogP contribution >= 0.6 is 0 Å². The summed E-state index contributed by atoms with van der Waals surface area (Å²) in [4.78, 5) is 12.7. The highest BCUT2D eigenvalue weighted by atomic mass is 16.5. The quantitative estimate of drug-likeness (QED) is 0.804. The Balaban J connectivity index is 2.06. The van der Waals surface area contributed by atoms with Crippen molar-refractivity contribution in [1.29, 1.82) is 0 Å². The van der Waals surface area contributed by atoms with Gasteiger partial charge in [-0.3, -0.25) is 9.48 Å². The molecule has 0 radical (unpaired) electrons. The summed E-state index contributed by atoms with van der Waals surface area (Å²) in [5.41, 5.74) is 2.31. The number of carbonyl (C=O) groups excluding carboxylic acids is 1. The first-order chi connectivity index (χ1) is 11.0. The lowest BCUT2D eigenvalue weighted by Crippen LogP contribution is -2.11. The molecule has 0 saturated heterocycles. The Bertz CT molecular complexity index is 861. The predicted octanol–water partition coefficient (Wildman–Crippen LogP) is 3.22. The number of fused-ring (bicyclic) bond motifs is 1. The number of benzene rings is 1. The zero-order valence-electron chi connectivity index (χ0n) is 13.7. The third kappa shape index (κ3) is 2.79. The monoisotopic (exact) mass is 312 g/mol. The molecular weight excluding hydrogens is 292 g/mol. The van der Waals surface area contributed by atoms with Gasteiger partial charge in [0.2, 0.25) is 0 Å². The molecule has 0 aliphatic heterocycles. The molecule has 0 unspecified atom stereocenters. The molecule has 6 nitrogen and oxygen atoms in total. The summed E-state index contributed by atoms with van der Waals surface area (Å²) in [5.74, 6) is 0.574. The van der Waals surface area contributed by atoms with Crippen LogP contribution in [0.5, 0.6) is 5.75 Å². The summed E-state index contributed by atoms with van der Waals surface area (Å²) in [6, 6.07) is 6.04. The van der Waals surface area contributed by atoms with Gasteiger partial charge in [-0.2, -0.15) is 5.10 Å². The topological polar surface area (TPSA) is 61.1 Å². The van der Waals surface area contributed by atoms with Crippen molar-refractivity contribution in [2.24, 2.45) is 7.05 Å². The molecule has 0 aliphatic rings. The standard InChI is InChI=1S/C17H20N4O2/c1-11(2)21-10-15(14-7-13(23-4)5-6-16(14)21)17(22)19-12-8-18-20(3)9-12/h5-11H,1-4H3,(H,19,22). The maximum atomic E-state index is 12.7. The first-order valence-electron chi connectivity index (χ1n) is 7.48. The van der Waals surface area contributed by atoms with Crippen LogP contribution in [0.3, 0.4) is 0 Å². The van der Waals surface area contributed by atoms with Crippen LogP contribution in [0.1, 0.15) is 30.2 Å². The molecular formula is C17H20N4O2. The average molecular weight is 312 g/mol. The Morgan fingerprint density at radius 1 is 1.30 bits per heavy atom. The molecule has 0 saturated carbocycles. The van der Waals surface area contributed by atoms with Gasteiger partial charge in [-0.15, -0.1) is 0 Å². The van der Waals surface area contributed by atoms with Crippen molar-refractivity contribution in [2.45, 2.75) is 19.9 Å². The fraction of sp³-hybridized carbons (Fsp3) is 0.294. The summed E-state index contributed by atoms with van der Waals surface area (Å²) in [5, 5.41) is 7.82. The number of nitrogens with one attached hydrogen (secondary N) is 1. The number of aromatic nitrogens is 3. The maximum Gasteiger partial charge on any atom is 0.257 e. The number of ether oxygens (including phenoxy) is 1. The molecule has 120 valence electrons. The molecule has 0 spiro atoms. The van der Waals surface area contributed by atoms with Crippen molar-refractivity contribution >= 4 is 22.5 Å². The van der Waals surface area contributed by atoms with E-state index in [2.05, 4.69) is 28.8 Å². The van der Waals surface area contributed by atoms with E-state index in [0.717, 1.165) is 16.7 Å². The maximum absolute atomic E-state index is 12.7. The van der Waals surface area contributed by atoms with Gasteiger partial charge in [-0.1, -0.05) is 0 Å². The fourth-order valence-corrected chi connectivity index (χ4v) is 2.65. The number of aryl methyl sites for hydroxylation is 1. The Morgan fingerprint density at radius 3 is 2.70 bits per heavy atom. The van der Waals surface area contributed by atoms with E-state index in [0.29, 0.717) is 11.3 Å². The number of rotatable bonds is 4. The first kappa shape index (κ1) is 15.1. The summed E-state index contributed by atoms with van der Waals surface area (Å²) in [6.07, 6.45) is 5.28. The molecule has 0 bridgehead atoms. The van der Waals surface area contributed by atoms with Gasteiger partial charge in [-0.05, 0) is 32.0 Å². The van der Waals surface area contributed by atoms with Crippen LogP contribution in [0, 0.1) is 0 Å². The van der Waals surface area contributed by atoms with Crippen LogP contribution in [-0.4, -0.2) is 27.4 Å². The van der Waals surface area contributed by atoms with Crippen molar-refractivity contribution in [2.75, 3.05) is 12.4 Å². The predicted molar refractivity (Wildman–Crippen MR) is 90.0 cm³/mol. The molecule has 1 N–H and O–H groups in total. The van der Waals surface area contributed by atoms with E-state index in [1.165, 1.54) is 0 Å². The second kappa shape index (κ2) is 5.79. The highest BCUT2D eigenvalue weighted by Gasteiger charge is 2.17. The van der Waals surface area contributed by atoms with E-state index in [1.54, 1.807) is 24.2 Å². The van der Waals surface area contributed by atoms with Crippen LogP contribution in [-0.2, 0) is 7.05 Å². The zero-order valence-corrected chi connectivity index (χ0v) is 13.7. The largest absolute Gasteiger partial charge is 0.497 e. The van der Waals surface area contributed by atoms with Crippen molar-refractivity contribution in [1.82, 2.24) is 14.3 Å². The van der Waals surface area contributed by atoms with E-state index in [1.807, 2.05) is 31.4 Å². The minimum atomic E-state index is -0.157. The lowest BCUT2D eigenvalue weighted by Gasteiger charge is -2.09. The molecule has 2 aromatic heterocycles.